The third-order valence-electron chi connectivity index (χ3n) is 3.87. The van der Waals surface area contributed by atoms with Gasteiger partial charge in [-0.15, -0.1) is 0 Å². The smallest absolute Gasteiger partial charge is 0.127 e. The molecule has 1 N–H and O–H groups in total. The molecule has 3 heteroatoms. The fourth-order valence-electron chi connectivity index (χ4n) is 3.16. The van der Waals surface area contributed by atoms with Crippen molar-refractivity contribution in [2.45, 2.75) is 46.0 Å². The molecule has 1 aliphatic rings. The van der Waals surface area contributed by atoms with Crippen LogP contribution in [-0.2, 0) is 4.79 Å². The van der Waals surface area contributed by atoms with Crippen molar-refractivity contribution in [3.05, 3.63) is 0 Å². The molecule has 17 heavy (non-hydrogen) atoms. The molecule has 0 bridgehead atoms. The molecule has 0 aliphatic heterocycles. The van der Waals surface area contributed by atoms with Crippen LogP contribution in [0, 0.1) is 11.3 Å². The molecular weight excluding hydrogens is 214 g/mol. The summed E-state index contributed by atoms with van der Waals surface area (Å²) in [5.74, 6) is 0.659. The lowest BCUT2D eigenvalue weighted by atomic mass is 9.70. The highest BCUT2D eigenvalue weighted by molar-refractivity contribution is 5.60. The van der Waals surface area contributed by atoms with E-state index in [4.69, 9.17) is 5.11 Å². The van der Waals surface area contributed by atoms with E-state index < -0.39 is 0 Å². The minimum absolute atomic E-state index is 0.151. The Kier molecular flexibility index (Phi) is 6.14. The number of carbonyl (C=O) groups excluding carboxylic acids is 1. The first-order valence-corrected chi connectivity index (χ1v) is 6.95. The Bertz CT molecular complexity index is 226. The van der Waals surface area contributed by atoms with E-state index in [0.717, 1.165) is 32.4 Å². The third kappa shape index (κ3) is 4.40. The highest BCUT2D eigenvalue weighted by atomic mass is 16.3. The molecule has 1 saturated carbocycles. The molecule has 0 aromatic heterocycles. The molecule has 1 fully saturated rings. The average Bonchev–Trinajstić information content (AvgIpc) is 2.30. The van der Waals surface area contributed by atoms with Crippen molar-refractivity contribution in [1.82, 2.24) is 4.90 Å². The van der Waals surface area contributed by atoms with E-state index in [1.807, 2.05) is 0 Å². The van der Waals surface area contributed by atoms with Gasteiger partial charge < -0.3 is 14.8 Å². The summed E-state index contributed by atoms with van der Waals surface area (Å²) in [6.07, 6.45) is 6.71. The van der Waals surface area contributed by atoms with Gasteiger partial charge in [-0.25, -0.2) is 0 Å². The maximum absolute atomic E-state index is 11.5. The van der Waals surface area contributed by atoms with Gasteiger partial charge in [0.15, 0.2) is 0 Å². The lowest BCUT2D eigenvalue weighted by Crippen LogP contribution is -2.43. The number of aliphatic hydroxyl groups is 1. The van der Waals surface area contributed by atoms with Crippen LogP contribution in [0.1, 0.15) is 46.0 Å². The van der Waals surface area contributed by atoms with Crippen LogP contribution < -0.4 is 0 Å². The molecule has 0 saturated heterocycles. The first kappa shape index (κ1) is 14.7. The number of hydrogen-bond acceptors (Lipinski definition) is 3. The normalized spacial score (nSPS) is 29.5. The molecule has 2 atom stereocenters. The number of aldehydes is 1. The van der Waals surface area contributed by atoms with Gasteiger partial charge in [0.25, 0.3) is 0 Å². The molecule has 0 amide bonds. The number of aliphatic hydroxyl groups excluding tert-OH is 1. The van der Waals surface area contributed by atoms with Crippen molar-refractivity contribution >= 4 is 6.29 Å². The second-order valence-corrected chi connectivity index (χ2v) is 5.68. The van der Waals surface area contributed by atoms with Crippen LogP contribution in [0.2, 0.25) is 0 Å². The van der Waals surface area contributed by atoms with E-state index in [-0.39, 0.29) is 12.0 Å². The molecule has 0 aromatic carbocycles. The number of rotatable bonds is 7. The summed E-state index contributed by atoms with van der Waals surface area (Å²) in [6, 6.07) is 0. The van der Waals surface area contributed by atoms with Crippen molar-refractivity contribution in [2.75, 3.05) is 26.2 Å². The molecule has 2 unspecified atom stereocenters. The quantitative estimate of drug-likeness (QED) is 0.694. The number of nitrogens with zero attached hydrogens (tertiary/aromatic N) is 1. The van der Waals surface area contributed by atoms with Crippen molar-refractivity contribution in [3.63, 3.8) is 0 Å². The summed E-state index contributed by atoms with van der Waals surface area (Å²) in [4.78, 5) is 13.7. The summed E-state index contributed by atoms with van der Waals surface area (Å²) in [5, 5.41) is 9.07. The first-order valence-electron chi connectivity index (χ1n) is 6.95. The van der Waals surface area contributed by atoms with E-state index in [1.165, 1.54) is 19.1 Å². The molecule has 1 rings (SSSR count). The van der Waals surface area contributed by atoms with Crippen molar-refractivity contribution in [2.24, 2.45) is 11.3 Å². The van der Waals surface area contributed by atoms with Gasteiger partial charge in [0.2, 0.25) is 0 Å². The van der Waals surface area contributed by atoms with E-state index in [9.17, 15) is 4.79 Å². The van der Waals surface area contributed by atoms with Gasteiger partial charge in [0.1, 0.15) is 6.29 Å². The molecule has 100 valence electrons. The van der Waals surface area contributed by atoms with Crippen LogP contribution in [-0.4, -0.2) is 42.5 Å². The van der Waals surface area contributed by atoms with Crippen molar-refractivity contribution < 1.29 is 9.90 Å². The zero-order chi connectivity index (χ0) is 12.7. The Balaban J connectivity index is 2.61. The zero-order valence-corrected chi connectivity index (χ0v) is 11.3. The molecular formula is C14H27NO2. The Morgan fingerprint density at radius 3 is 2.76 bits per heavy atom. The van der Waals surface area contributed by atoms with E-state index >= 15 is 0 Å². The van der Waals surface area contributed by atoms with Crippen molar-refractivity contribution in [3.8, 4) is 0 Å². The van der Waals surface area contributed by atoms with Crippen LogP contribution in [0.4, 0.5) is 0 Å². The fourth-order valence-corrected chi connectivity index (χ4v) is 3.16. The van der Waals surface area contributed by atoms with Crippen LogP contribution >= 0.6 is 0 Å². The van der Waals surface area contributed by atoms with Crippen molar-refractivity contribution in [1.29, 1.82) is 0 Å². The number of hydrogen-bond donors (Lipinski definition) is 1. The Hall–Kier alpha value is -0.410. The van der Waals surface area contributed by atoms with Gasteiger partial charge in [-0.1, -0.05) is 26.7 Å². The molecule has 0 aromatic rings. The highest BCUT2D eigenvalue weighted by Gasteiger charge is 2.36. The Morgan fingerprint density at radius 2 is 2.24 bits per heavy atom. The molecule has 0 radical (unpaired) electrons. The highest BCUT2D eigenvalue weighted by Crippen LogP contribution is 2.38. The molecule has 0 spiro atoms. The Morgan fingerprint density at radius 1 is 1.47 bits per heavy atom. The second kappa shape index (κ2) is 7.12. The topological polar surface area (TPSA) is 40.5 Å². The maximum Gasteiger partial charge on any atom is 0.127 e. The van der Waals surface area contributed by atoms with Crippen LogP contribution in [0.5, 0.6) is 0 Å². The minimum Gasteiger partial charge on any atom is -0.395 e. The zero-order valence-electron chi connectivity index (χ0n) is 11.3. The SMILES string of the molecule is CCCN(CCO)CC1(C=O)CCCC(C)C1. The minimum atomic E-state index is -0.151. The Labute approximate surface area is 105 Å². The maximum atomic E-state index is 11.5. The van der Waals surface area contributed by atoms with E-state index in [0.29, 0.717) is 12.5 Å². The summed E-state index contributed by atoms with van der Waals surface area (Å²) >= 11 is 0. The standard InChI is InChI=1S/C14H27NO2/c1-3-7-15(8-9-16)11-14(12-17)6-4-5-13(2)10-14/h12-13,16H,3-11H2,1-2H3. The monoisotopic (exact) mass is 241 g/mol. The van der Waals surface area contributed by atoms with Gasteiger partial charge in [-0.2, -0.15) is 0 Å². The second-order valence-electron chi connectivity index (χ2n) is 5.68. The predicted octanol–water partition coefficient (Wildman–Crippen LogP) is 2.09. The lowest BCUT2D eigenvalue weighted by Gasteiger charge is -2.39. The summed E-state index contributed by atoms with van der Waals surface area (Å²) in [7, 11) is 0. The predicted molar refractivity (Wildman–Crippen MR) is 69.9 cm³/mol. The van der Waals surface area contributed by atoms with Gasteiger partial charge in [0.05, 0.1) is 6.61 Å². The van der Waals surface area contributed by atoms with Gasteiger partial charge in [-0.05, 0) is 31.7 Å². The fraction of sp³-hybridized carbons (Fsp3) is 0.929. The summed E-state index contributed by atoms with van der Waals surface area (Å²) < 4.78 is 0. The van der Waals surface area contributed by atoms with E-state index in [2.05, 4.69) is 18.7 Å². The van der Waals surface area contributed by atoms with Gasteiger partial charge in [-0.3, -0.25) is 0 Å². The summed E-state index contributed by atoms with van der Waals surface area (Å²) in [5.41, 5.74) is -0.151. The molecule has 0 heterocycles. The van der Waals surface area contributed by atoms with E-state index in [1.54, 1.807) is 0 Å². The number of carbonyl (C=O) groups is 1. The first-order chi connectivity index (χ1) is 8.15. The average molecular weight is 241 g/mol. The van der Waals surface area contributed by atoms with Crippen LogP contribution in [0.25, 0.3) is 0 Å². The van der Waals surface area contributed by atoms with Crippen LogP contribution in [0.3, 0.4) is 0 Å². The third-order valence-corrected chi connectivity index (χ3v) is 3.87. The molecule has 3 nitrogen and oxygen atoms in total. The van der Waals surface area contributed by atoms with Gasteiger partial charge in [0, 0.05) is 18.5 Å². The lowest BCUT2D eigenvalue weighted by molar-refractivity contribution is -0.120. The van der Waals surface area contributed by atoms with Crippen LogP contribution in [0.15, 0.2) is 0 Å². The largest absolute Gasteiger partial charge is 0.395 e. The summed E-state index contributed by atoms with van der Waals surface area (Å²) in [6.45, 7) is 7.07. The van der Waals surface area contributed by atoms with Gasteiger partial charge >= 0.3 is 0 Å². The molecule has 1 aliphatic carbocycles.